The molecule has 2 fully saturated rings. The van der Waals surface area contributed by atoms with E-state index < -0.39 is 0 Å². The molecule has 2 saturated heterocycles. The fourth-order valence-corrected chi connectivity index (χ4v) is 5.36. The molecule has 1 N–H and O–H groups in total. The number of pyridine rings is 2. The molecule has 3 aromatic heterocycles. The Morgan fingerprint density at radius 3 is 2.67 bits per heavy atom. The molecule has 0 spiro atoms. The van der Waals surface area contributed by atoms with Gasteiger partial charge in [0.15, 0.2) is 5.11 Å². The zero-order valence-electron chi connectivity index (χ0n) is 19.1. The van der Waals surface area contributed by atoms with Crippen molar-refractivity contribution < 1.29 is 4.74 Å². The molecule has 0 radical (unpaired) electrons. The van der Waals surface area contributed by atoms with Crippen molar-refractivity contribution in [1.29, 1.82) is 0 Å². The Kier molecular flexibility index (Phi) is 6.39. The van der Waals surface area contributed by atoms with E-state index in [1.54, 1.807) is 0 Å². The Morgan fingerprint density at radius 2 is 1.94 bits per heavy atom. The molecule has 2 atom stereocenters. The molecule has 5 rings (SSSR count). The normalized spacial score (nSPS) is 21.4. The predicted molar refractivity (Wildman–Crippen MR) is 132 cm³/mol. The Morgan fingerprint density at radius 1 is 1.09 bits per heavy atom. The predicted octanol–water partition coefficient (Wildman–Crippen LogP) is 3.19. The summed E-state index contributed by atoms with van der Waals surface area (Å²) in [6.45, 7) is 9.69. The molecular formula is C25H30N6OS. The molecule has 3 aromatic rings. The highest BCUT2D eigenvalue weighted by Crippen LogP contribution is 2.41. The van der Waals surface area contributed by atoms with Crippen LogP contribution < -0.4 is 5.32 Å². The molecular weight excluding hydrogens is 432 g/mol. The molecule has 5 heterocycles. The van der Waals surface area contributed by atoms with Crippen LogP contribution in [0.25, 0.3) is 5.69 Å². The van der Waals surface area contributed by atoms with E-state index >= 15 is 0 Å². The molecule has 0 amide bonds. The highest BCUT2D eigenvalue weighted by Gasteiger charge is 2.41. The van der Waals surface area contributed by atoms with Gasteiger partial charge in [0.25, 0.3) is 0 Å². The summed E-state index contributed by atoms with van der Waals surface area (Å²) in [5.41, 5.74) is 5.73. The Hall–Kier alpha value is -2.81. The lowest BCUT2D eigenvalue weighted by atomic mass is 9.96. The van der Waals surface area contributed by atoms with Crippen LogP contribution in [-0.2, 0) is 4.74 Å². The fraction of sp³-hybridized carbons (Fsp3) is 0.400. The van der Waals surface area contributed by atoms with E-state index in [2.05, 4.69) is 61.7 Å². The molecule has 0 bridgehead atoms. The van der Waals surface area contributed by atoms with Gasteiger partial charge in [-0.3, -0.25) is 14.9 Å². The van der Waals surface area contributed by atoms with Crippen molar-refractivity contribution in [1.82, 2.24) is 29.7 Å². The van der Waals surface area contributed by atoms with Crippen molar-refractivity contribution in [2.75, 3.05) is 39.4 Å². The molecule has 0 aromatic carbocycles. The molecule has 2 aliphatic rings. The first-order chi connectivity index (χ1) is 16.1. The summed E-state index contributed by atoms with van der Waals surface area (Å²) < 4.78 is 7.80. The van der Waals surface area contributed by atoms with Crippen LogP contribution in [0.2, 0.25) is 0 Å². The van der Waals surface area contributed by atoms with E-state index in [9.17, 15) is 0 Å². The third-order valence-electron chi connectivity index (χ3n) is 6.65. The van der Waals surface area contributed by atoms with E-state index in [4.69, 9.17) is 17.0 Å². The van der Waals surface area contributed by atoms with Crippen LogP contribution in [0.5, 0.6) is 0 Å². The molecule has 2 aliphatic heterocycles. The van der Waals surface area contributed by atoms with Gasteiger partial charge < -0.3 is 19.5 Å². The summed E-state index contributed by atoms with van der Waals surface area (Å²) in [6, 6.07) is 12.5. The van der Waals surface area contributed by atoms with Crippen LogP contribution in [0.4, 0.5) is 0 Å². The van der Waals surface area contributed by atoms with Gasteiger partial charge in [-0.05, 0) is 62.0 Å². The minimum Gasteiger partial charge on any atom is -0.379 e. The van der Waals surface area contributed by atoms with Gasteiger partial charge in [-0.2, -0.15) is 0 Å². The number of ether oxygens (including phenoxy) is 1. The van der Waals surface area contributed by atoms with Crippen LogP contribution in [-0.4, -0.2) is 68.8 Å². The maximum Gasteiger partial charge on any atom is 0.170 e. The molecule has 8 heteroatoms. The molecule has 33 heavy (non-hydrogen) atoms. The maximum absolute atomic E-state index is 5.86. The van der Waals surface area contributed by atoms with Crippen molar-refractivity contribution in [3.05, 3.63) is 77.6 Å². The summed E-state index contributed by atoms with van der Waals surface area (Å²) in [4.78, 5) is 13.8. The van der Waals surface area contributed by atoms with Crippen LogP contribution >= 0.6 is 12.2 Å². The van der Waals surface area contributed by atoms with Crippen LogP contribution in [0.15, 0.2) is 55.0 Å². The van der Waals surface area contributed by atoms with Gasteiger partial charge in [0.2, 0.25) is 0 Å². The van der Waals surface area contributed by atoms with E-state index in [0.717, 1.165) is 55.9 Å². The second-order valence-corrected chi connectivity index (χ2v) is 9.03. The smallest absolute Gasteiger partial charge is 0.170 e. The van der Waals surface area contributed by atoms with Crippen LogP contribution in [0.1, 0.15) is 34.7 Å². The second-order valence-electron chi connectivity index (χ2n) is 8.65. The summed E-state index contributed by atoms with van der Waals surface area (Å²) in [7, 11) is 0. The molecule has 7 nitrogen and oxygen atoms in total. The first-order valence-electron chi connectivity index (χ1n) is 11.5. The fourth-order valence-electron chi connectivity index (χ4n) is 5.03. The van der Waals surface area contributed by atoms with Gasteiger partial charge >= 0.3 is 0 Å². The quantitative estimate of drug-likeness (QED) is 0.565. The van der Waals surface area contributed by atoms with E-state index in [0.29, 0.717) is 0 Å². The number of thiocarbonyl (C=S) groups is 1. The van der Waals surface area contributed by atoms with Crippen molar-refractivity contribution in [2.45, 2.75) is 25.9 Å². The van der Waals surface area contributed by atoms with Crippen molar-refractivity contribution in [2.24, 2.45) is 0 Å². The number of hydrogen-bond acceptors (Lipinski definition) is 5. The molecule has 172 valence electrons. The zero-order chi connectivity index (χ0) is 22.8. The van der Waals surface area contributed by atoms with Gasteiger partial charge in [-0.1, -0.05) is 6.07 Å². The third-order valence-corrected chi connectivity index (χ3v) is 7.00. The minimum absolute atomic E-state index is 0.00811. The van der Waals surface area contributed by atoms with Crippen LogP contribution in [0, 0.1) is 13.8 Å². The number of rotatable bonds is 6. The number of aryl methyl sites for hydroxylation is 1. The Bertz CT molecular complexity index is 1100. The number of aromatic nitrogens is 3. The van der Waals surface area contributed by atoms with Gasteiger partial charge in [0.1, 0.15) is 0 Å². The Labute approximate surface area is 200 Å². The average Bonchev–Trinajstić information content (AvgIpc) is 3.34. The number of nitrogens with zero attached hydrogens (tertiary/aromatic N) is 5. The van der Waals surface area contributed by atoms with Gasteiger partial charge in [0.05, 0.1) is 42.9 Å². The second kappa shape index (κ2) is 9.59. The molecule has 0 aliphatic carbocycles. The summed E-state index contributed by atoms with van der Waals surface area (Å²) >= 11 is 5.86. The average molecular weight is 463 g/mol. The molecule has 2 unspecified atom stereocenters. The number of nitrogens with one attached hydrogen (secondary N) is 1. The topological polar surface area (TPSA) is 58.5 Å². The van der Waals surface area contributed by atoms with Gasteiger partial charge in [-0.15, -0.1) is 0 Å². The number of morpholine rings is 1. The third kappa shape index (κ3) is 4.38. The van der Waals surface area contributed by atoms with E-state index in [-0.39, 0.29) is 12.1 Å². The van der Waals surface area contributed by atoms with Crippen LogP contribution in [0.3, 0.4) is 0 Å². The minimum atomic E-state index is -0.00811. The summed E-state index contributed by atoms with van der Waals surface area (Å²) in [5, 5.41) is 4.37. The highest BCUT2D eigenvalue weighted by atomic mass is 32.1. The standard InChI is InChI=1S/C25H30N6OS/c1-18-16-21(19(2)31(18)20-6-5-8-26-17-20)24-23(22-7-3-4-9-27-22)28-25(33)30(24)11-10-29-12-14-32-15-13-29/h3-9,16-17,23-24H,10-15H2,1-2H3,(H,28,33). The lowest BCUT2D eigenvalue weighted by Crippen LogP contribution is -2.42. The summed E-state index contributed by atoms with van der Waals surface area (Å²) in [5.74, 6) is 0. The monoisotopic (exact) mass is 462 g/mol. The first-order valence-corrected chi connectivity index (χ1v) is 11.9. The zero-order valence-corrected chi connectivity index (χ0v) is 20.0. The van der Waals surface area contributed by atoms with E-state index in [1.807, 2.05) is 36.8 Å². The maximum atomic E-state index is 5.86. The van der Waals surface area contributed by atoms with Crippen molar-refractivity contribution in [3.8, 4) is 5.69 Å². The lowest BCUT2D eigenvalue weighted by molar-refractivity contribution is 0.0350. The van der Waals surface area contributed by atoms with Crippen molar-refractivity contribution in [3.63, 3.8) is 0 Å². The Balaban J connectivity index is 1.52. The van der Waals surface area contributed by atoms with Crippen molar-refractivity contribution >= 4 is 17.3 Å². The largest absolute Gasteiger partial charge is 0.379 e. The van der Waals surface area contributed by atoms with E-state index in [1.165, 1.54) is 17.0 Å². The van der Waals surface area contributed by atoms with Gasteiger partial charge in [0, 0.05) is 50.0 Å². The summed E-state index contributed by atoms with van der Waals surface area (Å²) in [6.07, 6.45) is 5.57. The molecule has 0 saturated carbocycles. The SMILES string of the molecule is Cc1cc(C2C(c3ccccn3)NC(=S)N2CCN2CCOCC2)c(C)n1-c1cccnc1. The first kappa shape index (κ1) is 22.0. The highest BCUT2D eigenvalue weighted by molar-refractivity contribution is 7.80. The number of hydrogen-bond donors (Lipinski definition) is 1. The lowest BCUT2D eigenvalue weighted by Gasteiger charge is -2.32. The van der Waals surface area contributed by atoms with Gasteiger partial charge in [-0.25, -0.2) is 0 Å².